The maximum atomic E-state index is 12.5. The second-order valence-electron chi connectivity index (χ2n) is 4.96. The van der Waals surface area contributed by atoms with Crippen LogP contribution in [0, 0.1) is 10.1 Å². The fourth-order valence-electron chi connectivity index (χ4n) is 2.02. The van der Waals surface area contributed by atoms with E-state index in [2.05, 4.69) is 0 Å². The summed E-state index contributed by atoms with van der Waals surface area (Å²) in [6.07, 6.45) is 0. The summed E-state index contributed by atoms with van der Waals surface area (Å²) in [6.45, 7) is 1.80. The van der Waals surface area contributed by atoms with Gasteiger partial charge in [-0.2, -0.15) is 0 Å². The smallest absolute Gasteiger partial charge is 0.363 e. The average Bonchev–Trinajstić information content (AvgIpc) is 2.61. The molecule has 1 atom stereocenters. The molecule has 0 saturated carbocycles. The van der Waals surface area contributed by atoms with Crippen molar-refractivity contribution in [3.05, 3.63) is 68.7 Å². The second-order valence-corrected chi connectivity index (χ2v) is 5.76. The number of ketones is 1. The van der Waals surface area contributed by atoms with Crippen molar-refractivity contribution >= 4 is 40.6 Å². The normalized spacial score (nSPS) is 11.5. The topological polar surface area (TPSA) is 95.7 Å². The summed E-state index contributed by atoms with van der Waals surface area (Å²) in [7, 11) is 0. The largest absolute Gasteiger partial charge is 0.463 e. The van der Waals surface area contributed by atoms with E-state index in [9.17, 15) is 19.7 Å². The fraction of sp³-hybridized carbons (Fsp3) is 0.176. The predicted octanol–water partition coefficient (Wildman–Crippen LogP) is 3.99. The van der Waals surface area contributed by atoms with E-state index in [0.717, 1.165) is 0 Å². The monoisotopic (exact) mass is 397 g/mol. The minimum Gasteiger partial charge on any atom is -0.463 e. The van der Waals surface area contributed by atoms with Gasteiger partial charge in [-0.25, -0.2) is 4.79 Å². The van der Waals surface area contributed by atoms with Gasteiger partial charge >= 0.3 is 5.97 Å². The minimum absolute atomic E-state index is 0.0820. The van der Waals surface area contributed by atoms with Crippen LogP contribution in [0.2, 0.25) is 5.02 Å². The van der Waals surface area contributed by atoms with Gasteiger partial charge in [-0.05, 0) is 37.3 Å². The van der Waals surface area contributed by atoms with Crippen LogP contribution in [0.4, 0.5) is 5.69 Å². The second kappa shape index (κ2) is 8.64. The zero-order valence-electron chi connectivity index (χ0n) is 13.5. The number of esters is 1. The van der Waals surface area contributed by atoms with Gasteiger partial charge in [0.1, 0.15) is 5.75 Å². The zero-order chi connectivity index (χ0) is 19.3. The number of benzene rings is 2. The van der Waals surface area contributed by atoms with Crippen molar-refractivity contribution in [2.24, 2.45) is 0 Å². The van der Waals surface area contributed by atoms with Gasteiger partial charge in [0, 0.05) is 23.3 Å². The Morgan fingerprint density at radius 1 is 1.19 bits per heavy atom. The molecule has 0 fully saturated rings. The van der Waals surface area contributed by atoms with Crippen molar-refractivity contribution in [1.82, 2.24) is 0 Å². The lowest BCUT2D eigenvalue weighted by Crippen LogP contribution is -2.23. The molecule has 0 radical (unpaired) electrons. The Kier molecular flexibility index (Phi) is 6.54. The van der Waals surface area contributed by atoms with Crippen molar-refractivity contribution in [3.8, 4) is 5.75 Å². The molecule has 2 aromatic carbocycles. The first-order chi connectivity index (χ1) is 12.3. The van der Waals surface area contributed by atoms with Gasteiger partial charge in [-0.1, -0.05) is 23.2 Å². The Morgan fingerprint density at radius 3 is 2.38 bits per heavy atom. The highest BCUT2D eigenvalue weighted by atomic mass is 35.5. The first kappa shape index (κ1) is 19.7. The van der Waals surface area contributed by atoms with Crippen LogP contribution in [0.3, 0.4) is 0 Å². The third-order valence-corrected chi connectivity index (χ3v) is 3.82. The highest BCUT2D eigenvalue weighted by Crippen LogP contribution is 2.26. The lowest BCUT2D eigenvalue weighted by atomic mass is 10.0. The molecule has 2 aromatic rings. The number of carbonyl (C=O) groups is 2. The van der Waals surface area contributed by atoms with Crippen LogP contribution in [-0.4, -0.2) is 28.8 Å². The predicted molar refractivity (Wildman–Crippen MR) is 94.9 cm³/mol. The van der Waals surface area contributed by atoms with E-state index in [1.165, 1.54) is 42.5 Å². The highest BCUT2D eigenvalue weighted by molar-refractivity contribution is 6.35. The number of rotatable bonds is 7. The van der Waals surface area contributed by atoms with Crippen molar-refractivity contribution in [2.75, 3.05) is 6.61 Å². The Balaban J connectivity index is 2.17. The number of nitrogens with zero attached hydrogens (tertiary/aromatic N) is 1. The van der Waals surface area contributed by atoms with Crippen LogP contribution in [0.5, 0.6) is 5.75 Å². The van der Waals surface area contributed by atoms with E-state index in [4.69, 9.17) is 32.7 Å². The van der Waals surface area contributed by atoms with Crippen molar-refractivity contribution in [2.45, 2.75) is 12.5 Å². The lowest BCUT2D eigenvalue weighted by Gasteiger charge is -2.12. The van der Waals surface area contributed by atoms with Gasteiger partial charge in [-0.3, -0.25) is 14.9 Å². The summed E-state index contributed by atoms with van der Waals surface area (Å²) < 4.78 is 9.93. The minimum atomic E-state index is -1.35. The number of hydrogen-bond donors (Lipinski definition) is 0. The van der Waals surface area contributed by atoms with Gasteiger partial charge in [-0.15, -0.1) is 0 Å². The maximum Gasteiger partial charge on any atom is 0.363 e. The van der Waals surface area contributed by atoms with Gasteiger partial charge < -0.3 is 9.47 Å². The summed E-state index contributed by atoms with van der Waals surface area (Å²) >= 11 is 11.9. The average molecular weight is 398 g/mol. The first-order valence-electron chi connectivity index (χ1n) is 7.39. The molecule has 0 aromatic heterocycles. The molecular formula is C17H13Cl2NO6. The molecule has 1 unspecified atom stereocenters. The van der Waals surface area contributed by atoms with E-state index < -0.39 is 22.2 Å². The first-order valence-corrected chi connectivity index (χ1v) is 8.21. The molecule has 0 aliphatic rings. The van der Waals surface area contributed by atoms with E-state index in [-0.39, 0.29) is 34.2 Å². The molecule has 7 nitrogen and oxygen atoms in total. The Morgan fingerprint density at radius 2 is 1.85 bits per heavy atom. The number of nitro benzene ring substituents is 1. The van der Waals surface area contributed by atoms with Crippen LogP contribution in [0.25, 0.3) is 0 Å². The molecule has 9 heteroatoms. The third kappa shape index (κ3) is 4.71. The molecule has 0 amide bonds. The molecule has 0 spiro atoms. The van der Waals surface area contributed by atoms with Crippen LogP contribution < -0.4 is 4.74 Å². The van der Waals surface area contributed by atoms with Crippen LogP contribution >= 0.6 is 23.2 Å². The lowest BCUT2D eigenvalue weighted by molar-refractivity contribution is -0.384. The maximum absolute atomic E-state index is 12.5. The summed E-state index contributed by atoms with van der Waals surface area (Å²) in [5.41, 5.74) is -1.05. The summed E-state index contributed by atoms with van der Waals surface area (Å²) in [4.78, 5) is 34.0. The summed E-state index contributed by atoms with van der Waals surface area (Å²) in [5, 5.41) is 10.7. The van der Waals surface area contributed by atoms with E-state index in [0.29, 0.717) is 0 Å². The van der Waals surface area contributed by atoms with Crippen LogP contribution in [0.1, 0.15) is 22.8 Å². The molecule has 136 valence electrons. The van der Waals surface area contributed by atoms with Crippen molar-refractivity contribution < 1.29 is 24.0 Å². The highest BCUT2D eigenvalue weighted by Gasteiger charge is 2.20. The van der Waals surface area contributed by atoms with Crippen molar-refractivity contribution in [1.29, 1.82) is 0 Å². The molecule has 0 heterocycles. The summed E-state index contributed by atoms with van der Waals surface area (Å²) in [6, 6.07) is 9.34. The van der Waals surface area contributed by atoms with Gasteiger partial charge in [0.05, 0.1) is 16.6 Å². The number of hydrogen-bond acceptors (Lipinski definition) is 6. The van der Waals surface area contributed by atoms with Crippen LogP contribution in [-0.2, 0) is 9.53 Å². The van der Waals surface area contributed by atoms with Crippen LogP contribution in [0.15, 0.2) is 42.5 Å². The molecule has 26 heavy (non-hydrogen) atoms. The Labute approximate surface area is 158 Å². The third-order valence-electron chi connectivity index (χ3n) is 3.24. The van der Waals surface area contributed by atoms with E-state index >= 15 is 0 Å². The van der Waals surface area contributed by atoms with Gasteiger partial charge in [0.25, 0.3) is 11.3 Å². The molecule has 0 bridgehead atoms. The number of ether oxygens (including phenoxy) is 2. The van der Waals surface area contributed by atoms with Gasteiger partial charge in [0.15, 0.2) is 5.78 Å². The number of carbonyl (C=O) groups excluding carboxylic acids is 2. The Bertz CT molecular complexity index is 838. The zero-order valence-corrected chi connectivity index (χ0v) is 15.0. The fourth-order valence-corrected chi connectivity index (χ4v) is 2.44. The molecule has 0 saturated heterocycles. The number of non-ortho nitro benzene ring substituents is 1. The standard InChI is InChI=1S/C17H13Cl2NO6/c1-2-25-17(22)16(19)26-12-7-8-13(14(18)9-12)15(21)10-3-5-11(6-4-10)20(23)24/h3-9,16H,2H2,1H3. The quantitative estimate of drug-likeness (QED) is 0.230. The number of halogens is 2. The summed E-state index contributed by atoms with van der Waals surface area (Å²) in [5.74, 6) is -0.969. The molecular weight excluding hydrogens is 385 g/mol. The Hall–Kier alpha value is -2.64. The molecule has 0 aliphatic heterocycles. The SMILES string of the molecule is CCOC(=O)C(Cl)Oc1ccc(C(=O)c2ccc([N+](=O)[O-])cc2)c(Cl)c1. The van der Waals surface area contributed by atoms with E-state index in [1.54, 1.807) is 6.92 Å². The number of alkyl halides is 1. The molecule has 0 N–H and O–H groups in total. The molecule has 0 aliphatic carbocycles. The van der Waals surface area contributed by atoms with Crippen molar-refractivity contribution in [3.63, 3.8) is 0 Å². The molecule has 2 rings (SSSR count). The van der Waals surface area contributed by atoms with Gasteiger partial charge in [0.2, 0.25) is 0 Å². The van der Waals surface area contributed by atoms with E-state index in [1.807, 2.05) is 0 Å². The number of nitro groups is 1.